The van der Waals surface area contributed by atoms with Crippen LogP contribution in [0.2, 0.25) is 0 Å². The Hall–Kier alpha value is -0.800. The predicted octanol–water partition coefficient (Wildman–Crippen LogP) is 3.73. The van der Waals surface area contributed by atoms with Crippen molar-refractivity contribution in [1.29, 1.82) is 0 Å². The number of nitrogens with zero attached hydrogens (tertiary/aromatic N) is 1. The summed E-state index contributed by atoms with van der Waals surface area (Å²) in [5.41, 5.74) is 2.86. The fraction of sp³-hybridized carbons (Fsp3) is 0.667. The van der Waals surface area contributed by atoms with Crippen LogP contribution in [0.4, 0.5) is 0 Å². The lowest BCUT2D eigenvalue weighted by Crippen LogP contribution is -2.12. The van der Waals surface area contributed by atoms with Gasteiger partial charge in [-0.05, 0) is 39.7 Å². The van der Waals surface area contributed by atoms with Gasteiger partial charge in [0.1, 0.15) is 0 Å². The molecule has 1 aromatic rings. The molecule has 0 aliphatic carbocycles. The lowest BCUT2D eigenvalue weighted by atomic mass is 10.1. The predicted molar refractivity (Wildman–Crippen MR) is 79.3 cm³/mol. The zero-order chi connectivity index (χ0) is 14.4. The summed E-state index contributed by atoms with van der Waals surface area (Å²) >= 11 is 5.88. The van der Waals surface area contributed by atoms with Crippen LogP contribution in [0, 0.1) is 13.8 Å². The minimum absolute atomic E-state index is 0.00301. The Morgan fingerprint density at radius 2 is 2.11 bits per heavy atom. The second-order valence-electron chi connectivity index (χ2n) is 4.88. The largest absolute Gasteiger partial charge is 0.381 e. The van der Waals surface area contributed by atoms with Crippen molar-refractivity contribution in [2.75, 3.05) is 13.2 Å². The average molecular weight is 286 g/mol. The molecule has 0 bridgehead atoms. The first kappa shape index (κ1) is 16.3. The highest BCUT2D eigenvalue weighted by atomic mass is 35.5. The van der Waals surface area contributed by atoms with Crippen LogP contribution >= 0.6 is 11.6 Å². The SMILES string of the molecule is CCCOCCCn1c(C)cc(C(=O)C(C)Cl)c1C. The zero-order valence-electron chi connectivity index (χ0n) is 12.3. The van der Waals surface area contributed by atoms with Crippen molar-refractivity contribution in [2.24, 2.45) is 0 Å². The van der Waals surface area contributed by atoms with E-state index in [4.69, 9.17) is 16.3 Å². The van der Waals surface area contributed by atoms with Crippen molar-refractivity contribution in [3.63, 3.8) is 0 Å². The summed E-state index contributed by atoms with van der Waals surface area (Å²) in [4.78, 5) is 12.0. The molecule has 0 saturated heterocycles. The number of carbonyl (C=O) groups is 1. The van der Waals surface area contributed by atoms with E-state index in [-0.39, 0.29) is 5.78 Å². The molecule has 0 N–H and O–H groups in total. The van der Waals surface area contributed by atoms with Gasteiger partial charge in [-0.25, -0.2) is 0 Å². The fourth-order valence-corrected chi connectivity index (χ4v) is 2.30. The van der Waals surface area contributed by atoms with Crippen LogP contribution in [0.1, 0.15) is 48.4 Å². The summed E-state index contributed by atoms with van der Waals surface area (Å²) in [6, 6.07) is 1.93. The number of alkyl halides is 1. The number of rotatable bonds is 8. The second-order valence-corrected chi connectivity index (χ2v) is 5.54. The number of carbonyl (C=O) groups excluding carboxylic acids is 1. The number of ether oxygens (including phenoxy) is 1. The Labute approximate surface area is 120 Å². The molecule has 108 valence electrons. The molecule has 1 rings (SSSR count). The number of Topliss-reactive ketones (excluding diaryl/α,β-unsaturated/α-hetero) is 1. The topological polar surface area (TPSA) is 31.2 Å². The summed E-state index contributed by atoms with van der Waals surface area (Å²) in [6.45, 7) is 10.3. The first-order valence-corrected chi connectivity index (χ1v) is 7.35. The van der Waals surface area contributed by atoms with Gasteiger partial charge in [0.25, 0.3) is 0 Å². The zero-order valence-corrected chi connectivity index (χ0v) is 13.1. The van der Waals surface area contributed by atoms with E-state index >= 15 is 0 Å². The summed E-state index contributed by atoms with van der Waals surface area (Å²) in [5, 5.41) is -0.471. The van der Waals surface area contributed by atoms with Gasteiger partial charge in [0, 0.05) is 36.7 Å². The lowest BCUT2D eigenvalue weighted by Gasteiger charge is -2.10. The van der Waals surface area contributed by atoms with Gasteiger partial charge in [-0.2, -0.15) is 0 Å². The highest BCUT2D eigenvalue weighted by Crippen LogP contribution is 2.19. The van der Waals surface area contributed by atoms with Crippen molar-refractivity contribution >= 4 is 17.4 Å². The van der Waals surface area contributed by atoms with Crippen LogP contribution in [0.3, 0.4) is 0 Å². The Morgan fingerprint density at radius 3 is 2.68 bits per heavy atom. The van der Waals surface area contributed by atoms with Gasteiger partial charge in [-0.1, -0.05) is 6.92 Å². The molecule has 1 atom stereocenters. The van der Waals surface area contributed by atoms with Crippen LogP contribution in [-0.4, -0.2) is 28.9 Å². The molecule has 3 nitrogen and oxygen atoms in total. The van der Waals surface area contributed by atoms with Crippen LogP contribution < -0.4 is 0 Å². The van der Waals surface area contributed by atoms with Crippen LogP contribution in [0.15, 0.2) is 6.07 Å². The third-order valence-corrected chi connectivity index (χ3v) is 3.42. The Bertz CT molecular complexity index is 424. The van der Waals surface area contributed by atoms with Gasteiger partial charge < -0.3 is 9.30 Å². The van der Waals surface area contributed by atoms with E-state index in [2.05, 4.69) is 11.5 Å². The van der Waals surface area contributed by atoms with Gasteiger partial charge >= 0.3 is 0 Å². The van der Waals surface area contributed by atoms with Crippen molar-refractivity contribution in [3.8, 4) is 0 Å². The van der Waals surface area contributed by atoms with E-state index in [0.717, 1.165) is 49.6 Å². The molecule has 0 aliphatic heterocycles. The molecule has 19 heavy (non-hydrogen) atoms. The van der Waals surface area contributed by atoms with E-state index in [9.17, 15) is 4.79 Å². The Morgan fingerprint density at radius 1 is 1.42 bits per heavy atom. The van der Waals surface area contributed by atoms with E-state index in [1.54, 1.807) is 6.92 Å². The first-order valence-electron chi connectivity index (χ1n) is 6.91. The number of aryl methyl sites for hydroxylation is 1. The molecule has 0 aliphatic rings. The monoisotopic (exact) mass is 285 g/mol. The van der Waals surface area contributed by atoms with Crippen LogP contribution in [-0.2, 0) is 11.3 Å². The van der Waals surface area contributed by atoms with Crippen molar-refractivity contribution in [2.45, 2.75) is 52.5 Å². The number of aromatic nitrogens is 1. The van der Waals surface area contributed by atoms with Gasteiger partial charge in [0.05, 0.1) is 5.38 Å². The summed E-state index contributed by atoms with van der Waals surface area (Å²) in [5.74, 6) is 0.00301. The van der Waals surface area contributed by atoms with E-state index in [1.807, 2.05) is 19.9 Å². The molecule has 0 radical (unpaired) electrons. The van der Waals surface area contributed by atoms with E-state index in [0.29, 0.717) is 0 Å². The molecule has 0 spiro atoms. The maximum atomic E-state index is 12.0. The normalized spacial score (nSPS) is 12.7. The van der Waals surface area contributed by atoms with Crippen LogP contribution in [0.25, 0.3) is 0 Å². The molecular weight excluding hydrogens is 262 g/mol. The molecule has 1 heterocycles. The second kappa shape index (κ2) is 7.71. The molecule has 0 amide bonds. The van der Waals surface area contributed by atoms with Gasteiger partial charge in [0.2, 0.25) is 0 Å². The van der Waals surface area contributed by atoms with E-state index < -0.39 is 5.38 Å². The maximum Gasteiger partial charge on any atom is 0.182 e. The molecule has 0 aromatic carbocycles. The number of hydrogen-bond acceptors (Lipinski definition) is 2. The minimum Gasteiger partial charge on any atom is -0.381 e. The Kier molecular flexibility index (Phi) is 6.59. The standard InChI is InChI=1S/C15H24ClNO2/c1-5-8-19-9-6-7-17-11(2)10-14(13(17)4)15(18)12(3)16/h10,12H,5-9H2,1-4H3. The third kappa shape index (κ3) is 4.36. The fourth-order valence-electron chi connectivity index (χ4n) is 2.18. The summed E-state index contributed by atoms with van der Waals surface area (Å²) < 4.78 is 7.64. The van der Waals surface area contributed by atoms with Crippen molar-refractivity contribution in [3.05, 3.63) is 23.0 Å². The molecule has 4 heteroatoms. The number of hydrogen-bond donors (Lipinski definition) is 0. The van der Waals surface area contributed by atoms with Gasteiger partial charge in [-0.15, -0.1) is 11.6 Å². The quantitative estimate of drug-likeness (QED) is 0.414. The van der Waals surface area contributed by atoms with Crippen LogP contribution in [0.5, 0.6) is 0 Å². The van der Waals surface area contributed by atoms with Crippen molar-refractivity contribution in [1.82, 2.24) is 4.57 Å². The summed E-state index contributed by atoms with van der Waals surface area (Å²) in [7, 11) is 0. The molecule has 0 saturated carbocycles. The number of halogens is 1. The molecular formula is C15H24ClNO2. The first-order chi connectivity index (χ1) is 8.99. The lowest BCUT2D eigenvalue weighted by molar-refractivity contribution is 0.0991. The number of ketones is 1. The smallest absolute Gasteiger partial charge is 0.182 e. The highest BCUT2D eigenvalue weighted by molar-refractivity contribution is 6.33. The maximum absolute atomic E-state index is 12.0. The minimum atomic E-state index is -0.471. The van der Waals surface area contributed by atoms with Gasteiger partial charge in [-0.3, -0.25) is 4.79 Å². The highest BCUT2D eigenvalue weighted by Gasteiger charge is 2.18. The Balaban J connectivity index is 2.67. The summed E-state index contributed by atoms with van der Waals surface area (Å²) in [6.07, 6.45) is 2.01. The molecule has 0 fully saturated rings. The molecule has 1 aromatic heterocycles. The van der Waals surface area contributed by atoms with Crippen molar-refractivity contribution < 1.29 is 9.53 Å². The molecule has 1 unspecified atom stereocenters. The third-order valence-electron chi connectivity index (χ3n) is 3.22. The van der Waals surface area contributed by atoms with Gasteiger partial charge in [0.15, 0.2) is 5.78 Å². The average Bonchev–Trinajstić information content (AvgIpc) is 2.64. The van der Waals surface area contributed by atoms with E-state index in [1.165, 1.54) is 0 Å².